The van der Waals surface area contributed by atoms with Crippen LogP contribution in [0, 0.1) is 6.92 Å². The largest absolute Gasteiger partial charge is 0.422 e. The van der Waals surface area contributed by atoms with E-state index < -0.39 is 0 Å². The number of thiophene rings is 1. The molecule has 2 aromatic carbocycles. The zero-order chi connectivity index (χ0) is 17.8. The van der Waals surface area contributed by atoms with Gasteiger partial charge in [0.1, 0.15) is 10.6 Å². The molecule has 0 aliphatic heterocycles. The van der Waals surface area contributed by atoms with Gasteiger partial charge in [-0.2, -0.15) is 0 Å². The Morgan fingerprint density at radius 1 is 1.04 bits per heavy atom. The molecule has 0 bridgehead atoms. The number of nitrogens with one attached hydrogen (secondary N) is 1. The highest BCUT2D eigenvalue weighted by atomic mass is 35.5. The molecule has 1 heterocycles. The molecule has 0 radical (unpaired) electrons. The summed E-state index contributed by atoms with van der Waals surface area (Å²) in [6, 6.07) is 15.3. The molecule has 0 aliphatic rings. The number of hydrogen-bond donors (Lipinski definition) is 1. The van der Waals surface area contributed by atoms with Crippen LogP contribution in [0.4, 0.5) is 5.69 Å². The zero-order valence-electron chi connectivity index (χ0n) is 13.3. The zero-order valence-corrected chi connectivity index (χ0v) is 14.9. The van der Waals surface area contributed by atoms with Gasteiger partial charge < -0.3 is 10.1 Å². The van der Waals surface area contributed by atoms with Gasteiger partial charge in [0, 0.05) is 5.69 Å². The second-order valence-electron chi connectivity index (χ2n) is 5.28. The van der Waals surface area contributed by atoms with E-state index in [1.165, 1.54) is 11.3 Å². The van der Waals surface area contributed by atoms with Gasteiger partial charge in [0.2, 0.25) is 0 Å². The summed E-state index contributed by atoms with van der Waals surface area (Å²) in [5.41, 5.74) is 1.86. The Hall–Kier alpha value is -2.63. The van der Waals surface area contributed by atoms with Crippen molar-refractivity contribution in [2.75, 3.05) is 5.32 Å². The monoisotopic (exact) mass is 371 g/mol. The first kappa shape index (κ1) is 17.2. The van der Waals surface area contributed by atoms with Gasteiger partial charge in [0.05, 0.1) is 10.6 Å². The highest BCUT2D eigenvalue weighted by Crippen LogP contribution is 2.22. The first-order valence-corrected chi connectivity index (χ1v) is 8.72. The van der Waals surface area contributed by atoms with Crippen LogP contribution in [0.3, 0.4) is 0 Å². The van der Waals surface area contributed by atoms with E-state index in [4.69, 9.17) is 16.3 Å². The maximum atomic E-state index is 12.2. The number of amides is 1. The van der Waals surface area contributed by atoms with Crippen LogP contribution in [0.25, 0.3) is 0 Å². The second kappa shape index (κ2) is 7.51. The van der Waals surface area contributed by atoms with E-state index in [9.17, 15) is 9.59 Å². The van der Waals surface area contributed by atoms with Crippen molar-refractivity contribution >= 4 is 40.5 Å². The van der Waals surface area contributed by atoms with Crippen molar-refractivity contribution in [1.29, 1.82) is 0 Å². The second-order valence-corrected chi connectivity index (χ2v) is 6.60. The van der Waals surface area contributed by atoms with E-state index in [1.54, 1.807) is 48.5 Å². The van der Waals surface area contributed by atoms with Crippen molar-refractivity contribution in [2.24, 2.45) is 0 Å². The SMILES string of the molecule is Cc1ccsc1C(=O)Oc1ccc(NC(=O)c2ccccc2Cl)cc1. The molecular formula is C19H14ClNO3S. The summed E-state index contributed by atoms with van der Waals surface area (Å²) in [6.45, 7) is 1.86. The molecule has 1 N–H and O–H groups in total. The smallest absolute Gasteiger partial charge is 0.353 e. The number of carbonyl (C=O) groups excluding carboxylic acids is 2. The van der Waals surface area contributed by atoms with Crippen LogP contribution in [0.15, 0.2) is 60.0 Å². The first-order chi connectivity index (χ1) is 12.0. The Balaban J connectivity index is 1.66. The highest BCUT2D eigenvalue weighted by molar-refractivity contribution is 7.12. The number of halogens is 1. The standard InChI is InChI=1S/C19H14ClNO3S/c1-12-10-11-25-17(12)19(23)24-14-8-6-13(7-9-14)21-18(22)15-4-2-3-5-16(15)20/h2-11H,1H3,(H,21,22). The van der Waals surface area contributed by atoms with Crippen LogP contribution < -0.4 is 10.1 Å². The maximum absolute atomic E-state index is 12.2. The molecule has 1 aromatic heterocycles. The number of benzene rings is 2. The number of esters is 1. The van der Waals surface area contributed by atoms with Crippen molar-refractivity contribution in [3.63, 3.8) is 0 Å². The van der Waals surface area contributed by atoms with E-state index in [-0.39, 0.29) is 11.9 Å². The Morgan fingerprint density at radius 3 is 2.40 bits per heavy atom. The molecular weight excluding hydrogens is 358 g/mol. The molecule has 0 spiro atoms. The Bertz CT molecular complexity index is 918. The molecule has 0 unspecified atom stereocenters. The fraction of sp³-hybridized carbons (Fsp3) is 0.0526. The minimum Gasteiger partial charge on any atom is -0.422 e. The van der Waals surface area contributed by atoms with Crippen molar-refractivity contribution in [3.8, 4) is 5.75 Å². The minimum absolute atomic E-state index is 0.301. The summed E-state index contributed by atoms with van der Waals surface area (Å²) in [6.07, 6.45) is 0. The first-order valence-electron chi connectivity index (χ1n) is 7.47. The van der Waals surface area contributed by atoms with Crippen LogP contribution in [-0.4, -0.2) is 11.9 Å². The summed E-state index contributed by atoms with van der Waals surface area (Å²) in [5.74, 6) is -0.279. The van der Waals surface area contributed by atoms with E-state index in [0.717, 1.165) is 5.56 Å². The van der Waals surface area contributed by atoms with Crippen LogP contribution in [0.5, 0.6) is 5.75 Å². The van der Waals surface area contributed by atoms with Gasteiger partial charge in [-0.3, -0.25) is 4.79 Å². The van der Waals surface area contributed by atoms with Crippen LogP contribution in [0.1, 0.15) is 25.6 Å². The molecule has 1 amide bonds. The van der Waals surface area contributed by atoms with Crippen molar-refractivity contribution < 1.29 is 14.3 Å². The Morgan fingerprint density at radius 2 is 1.76 bits per heavy atom. The summed E-state index contributed by atoms with van der Waals surface area (Å²) in [4.78, 5) is 24.9. The van der Waals surface area contributed by atoms with E-state index in [1.807, 2.05) is 18.4 Å². The molecule has 0 aliphatic carbocycles. The van der Waals surface area contributed by atoms with Crippen LogP contribution >= 0.6 is 22.9 Å². The van der Waals surface area contributed by atoms with E-state index in [2.05, 4.69) is 5.32 Å². The summed E-state index contributed by atoms with van der Waals surface area (Å²) >= 11 is 7.36. The molecule has 0 saturated heterocycles. The molecule has 3 aromatic rings. The number of ether oxygens (including phenoxy) is 1. The Kier molecular flexibility index (Phi) is 5.16. The number of hydrogen-bond acceptors (Lipinski definition) is 4. The van der Waals surface area contributed by atoms with E-state index >= 15 is 0 Å². The van der Waals surface area contributed by atoms with Crippen LogP contribution in [0.2, 0.25) is 5.02 Å². The topological polar surface area (TPSA) is 55.4 Å². The third-order valence-electron chi connectivity index (χ3n) is 3.49. The van der Waals surface area contributed by atoms with Gasteiger partial charge in [0.15, 0.2) is 0 Å². The van der Waals surface area contributed by atoms with Gasteiger partial charge in [-0.25, -0.2) is 4.79 Å². The molecule has 0 fully saturated rings. The maximum Gasteiger partial charge on any atom is 0.353 e. The molecule has 3 rings (SSSR count). The lowest BCUT2D eigenvalue weighted by molar-refractivity contribution is 0.0739. The molecule has 6 heteroatoms. The van der Waals surface area contributed by atoms with Crippen molar-refractivity contribution in [2.45, 2.75) is 6.92 Å². The quantitative estimate of drug-likeness (QED) is 0.507. The third kappa shape index (κ3) is 4.07. The van der Waals surface area contributed by atoms with Gasteiger partial charge in [-0.15, -0.1) is 11.3 Å². The predicted octanol–water partition coefficient (Wildman–Crippen LogP) is 5.18. The van der Waals surface area contributed by atoms with Gasteiger partial charge in [0.25, 0.3) is 5.91 Å². The lowest BCUT2D eigenvalue weighted by Gasteiger charge is -2.08. The Labute approximate surface area is 154 Å². The molecule has 4 nitrogen and oxygen atoms in total. The number of aryl methyl sites for hydroxylation is 1. The fourth-order valence-corrected chi connectivity index (χ4v) is 3.21. The lowest BCUT2D eigenvalue weighted by Crippen LogP contribution is -2.12. The average Bonchev–Trinajstić information content (AvgIpc) is 3.03. The summed E-state index contributed by atoms with van der Waals surface area (Å²) < 4.78 is 5.34. The predicted molar refractivity (Wildman–Crippen MR) is 99.9 cm³/mol. The van der Waals surface area contributed by atoms with Gasteiger partial charge in [-0.05, 0) is 60.3 Å². The highest BCUT2D eigenvalue weighted by Gasteiger charge is 2.13. The molecule has 0 saturated carbocycles. The minimum atomic E-state index is -0.389. The summed E-state index contributed by atoms with van der Waals surface area (Å²) in [5, 5.41) is 4.99. The summed E-state index contributed by atoms with van der Waals surface area (Å²) in [7, 11) is 0. The van der Waals surface area contributed by atoms with Crippen molar-refractivity contribution in [3.05, 3.63) is 81.0 Å². The average molecular weight is 372 g/mol. The molecule has 25 heavy (non-hydrogen) atoms. The third-order valence-corrected chi connectivity index (χ3v) is 4.81. The number of anilines is 1. The number of carbonyl (C=O) groups is 2. The lowest BCUT2D eigenvalue weighted by atomic mass is 10.2. The van der Waals surface area contributed by atoms with Crippen molar-refractivity contribution in [1.82, 2.24) is 0 Å². The molecule has 126 valence electrons. The molecule has 0 atom stereocenters. The van der Waals surface area contributed by atoms with Crippen LogP contribution in [-0.2, 0) is 0 Å². The van der Waals surface area contributed by atoms with E-state index in [0.29, 0.717) is 26.9 Å². The van der Waals surface area contributed by atoms with Gasteiger partial charge >= 0.3 is 5.97 Å². The van der Waals surface area contributed by atoms with Gasteiger partial charge in [-0.1, -0.05) is 23.7 Å². The number of rotatable bonds is 4. The fourth-order valence-electron chi connectivity index (χ4n) is 2.19. The normalized spacial score (nSPS) is 10.3.